The van der Waals surface area contributed by atoms with E-state index >= 15 is 0 Å². The lowest BCUT2D eigenvalue weighted by Gasteiger charge is -1.98. The molecule has 0 aromatic heterocycles. The zero-order chi connectivity index (χ0) is 6.57. The van der Waals surface area contributed by atoms with Crippen molar-refractivity contribution in [2.45, 2.75) is 0 Å². The number of halogens is 2. The molecule has 0 atom stereocenters. The van der Waals surface area contributed by atoms with E-state index in [-0.39, 0.29) is 0 Å². The van der Waals surface area contributed by atoms with Crippen molar-refractivity contribution >= 4 is 45.2 Å². The van der Waals surface area contributed by atoms with Gasteiger partial charge in [0.25, 0.3) is 0 Å². The summed E-state index contributed by atoms with van der Waals surface area (Å²) >= 11 is 4.58. The molecule has 0 aliphatic heterocycles. The van der Waals surface area contributed by atoms with Crippen molar-refractivity contribution < 1.29 is 0 Å². The predicted octanol–water partition coefficient (Wildman–Crippen LogP) is 2.97. The van der Waals surface area contributed by atoms with E-state index in [0.717, 1.165) is 8.86 Å². The summed E-state index contributed by atoms with van der Waals surface area (Å²) in [6.45, 7) is 7.66. The van der Waals surface area contributed by atoms with Crippen LogP contribution < -0.4 is 0 Å². The van der Waals surface area contributed by atoms with Crippen LogP contribution in [0.15, 0.2) is 24.3 Å². The van der Waals surface area contributed by atoms with Crippen molar-refractivity contribution in [3.05, 3.63) is 24.3 Å². The fraction of sp³-hybridized carbons (Fsp3) is 0.333. The van der Waals surface area contributed by atoms with Gasteiger partial charge < -0.3 is 0 Å². The Morgan fingerprint density at radius 3 is 1.38 bits per heavy atom. The van der Waals surface area contributed by atoms with Crippen molar-refractivity contribution in [2.75, 3.05) is 8.86 Å². The van der Waals surface area contributed by atoms with E-state index in [1.807, 2.05) is 0 Å². The minimum absolute atomic E-state index is 1.000. The van der Waals surface area contributed by atoms with Crippen LogP contribution in [0.1, 0.15) is 0 Å². The molecule has 0 aromatic rings. The predicted molar refractivity (Wildman–Crippen MR) is 56.1 cm³/mol. The monoisotopic (exact) mass is 334 g/mol. The first kappa shape index (κ1) is 8.94. The lowest BCUT2D eigenvalue weighted by molar-refractivity contribution is 1.45. The maximum atomic E-state index is 3.83. The van der Waals surface area contributed by atoms with Crippen LogP contribution in [0.3, 0.4) is 0 Å². The van der Waals surface area contributed by atoms with E-state index in [0.29, 0.717) is 0 Å². The van der Waals surface area contributed by atoms with Crippen LogP contribution in [0.4, 0.5) is 0 Å². The molecule has 0 unspecified atom stereocenters. The molecule has 8 heavy (non-hydrogen) atoms. The molecule has 0 fully saturated rings. The molecule has 0 nitrogen and oxygen atoms in total. The van der Waals surface area contributed by atoms with Crippen LogP contribution in [-0.2, 0) is 0 Å². The number of allylic oxidation sites excluding steroid dienone is 2. The fourth-order valence-electron chi connectivity index (χ4n) is 0.189. The summed E-state index contributed by atoms with van der Waals surface area (Å²) in [5.74, 6) is 0. The molecule has 0 heterocycles. The van der Waals surface area contributed by atoms with Gasteiger partial charge in [0.15, 0.2) is 0 Å². The highest BCUT2D eigenvalue weighted by Crippen LogP contribution is 2.10. The van der Waals surface area contributed by atoms with Gasteiger partial charge in [-0.15, -0.1) is 0 Å². The van der Waals surface area contributed by atoms with Gasteiger partial charge in [-0.1, -0.05) is 58.3 Å². The Bertz CT molecular complexity index is 91.1. The van der Waals surface area contributed by atoms with Gasteiger partial charge in [-0.05, 0) is 11.1 Å². The van der Waals surface area contributed by atoms with E-state index in [1.54, 1.807) is 0 Å². The quantitative estimate of drug-likeness (QED) is 0.423. The average molecular weight is 334 g/mol. The normalized spacial score (nSPS) is 8.75. The Hall–Kier alpha value is 0.940. The van der Waals surface area contributed by atoms with Crippen LogP contribution in [0, 0.1) is 0 Å². The highest BCUT2D eigenvalue weighted by Gasteiger charge is 1.93. The largest absolute Gasteiger partial charge is 0.0948 e. The fourth-order valence-corrected chi connectivity index (χ4v) is 1.27. The first-order valence-corrected chi connectivity index (χ1v) is 5.25. The first-order chi connectivity index (χ1) is 3.72. The van der Waals surface area contributed by atoms with Gasteiger partial charge in [0.1, 0.15) is 0 Å². The molecule has 0 N–H and O–H groups in total. The average Bonchev–Trinajstić information content (AvgIpc) is 1.84. The Labute approximate surface area is 77.7 Å². The first-order valence-electron chi connectivity index (χ1n) is 2.20. The van der Waals surface area contributed by atoms with E-state index in [9.17, 15) is 0 Å². The minimum Gasteiger partial charge on any atom is -0.0948 e. The zero-order valence-corrected chi connectivity index (χ0v) is 8.90. The molecule has 0 aliphatic rings. The molecule has 0 radical (unpaired) electrons. The molecule has 0 saturated carbocycles. The van der Waals surface area contributed by atoms with Crippen LogP contribution >= 0.6 is 45.2 Å². The Morgan fingerprint density at radius 1 is 1.00 bits per heavy atom. The van der Waals surface area contributed by atoms with Crippen LogP contribution in [0.25, 0.3) is 0 Å². The Balaban J connectivity index is 3.64. The number of alkyl halides is 2. The number of rotatable bonds is 3. The van der Waals surface area contributed by atoms with E-state index in [2.05, 4.69) is 58.3 Å². The summed E-state index contributed by atoms with van der Waals surface area (Å²) in [5, 5.41) is 0. The molecule has 0 rings (SSSR count). The minimum atomic E-state index is 1.000. The van der Waals surface area contributed by atoms with Crippen molar-refractivity contribution in [2.24, 2.45) is 0 Å². The van der Waals surface area contributed by atoms with E-state index in [4.69, 9.17) is 0 Å². The van der Waals surface area contributed by atoms with Gasteiger partial charge in [0.2, 0.25) is 0 Å². The van der Waals surface area contributed by atoms with Crippen molar-refractivity contribution in [3.63, 3.8) is 0 Å². The standard InChI is InChI=1S/C6H8I2/c1-5(3-7)6(2)4-8/h1-4H2. The smallest absolute Gasteiger partial charge is 0.0244 e. The highest BCUT2D eigenvalue weighted by molar-refractivity contribution is 14.1. The van der Waals surface area contributed by atoms with Gasteiger partial charge >= 0.3 is 0 Å². The summed E-state index contributed by atoms with van der Waals surface area (Å²) in [7, 11) is 0. The summed E-state index contributed by atoms with van der Waals surface area (Å²) < 4.78 is 2.00. The number of hydrogen-bond acceptors (Lipinski definition) is 0. The third-order valence-corrected chi connectivity index (χ3v) is 2.66. The molecule has 0 aliphatic carbocycles. The molecule has 0 saturated heterocycles. The molecule has 0 amide bonds. The molecular formula is C6H8I2. The van der Waals surface area contributed by atoms with Crippen molar-refractivity contribution in [1.82, 2.24) is 0 Å². The van der Waals surface area contributed by atoms with Crippen LogP contribution in [0.2, 0.25) is 0 Å². The van der Waals surface area contributed by atoms with Gasteiger partial charge in [0.05, 0.1) is 0 Å². The number of hydrogen-bond donors (Lipinski definition) is 0. The zero-order valence-electron chi connectivity index (χ0n) is 4.58. The van der Waals surface area contributed by atoms with Crippen molar-refractivity contribution in [1.29, 1.82) is 0 Å². The maximum Gasteiger partial charge on any atom is 0.0244 e. The Kier molecular flexibility index (Phi) is 5.35. The van der Waals surface area contributed by atoms with Gasteiger partial charge in [0, 0.05) is 8.86 Å². The molecule has 0 spiro atoms. The van der Waals surface area contributed by atoms with Crippen LogP contribution in [0.5, 0.6) is 0 Å². The van der Waals surface area contributed by atoms with Gasteiger partial charge in [-0.2, -0.15) is 0 Å². The second kappa shape index (κ2) is 4.78. The lowest BCUT2D eigenvalue weighted by atomic mass is 10.2. The van der Waals surface area contributed by atoms with Gasteiger partial charge in [-0.25, -0.2) is 0 Å². The second-order valence-electron chi connectivity index (χ2n) is 1.47. The van der Waals surface area contributed by atoms with E-state index < -0.39 is 0 Å². The molecule has 0 bridgehead atoms. The highest BCUT2D eigenvalue weighted by atomic mass is 127. The maximum absolute atomic E-state index is 3.83. The van der Waals surface area contributed by atoms with Gasteiger partial charge in [-0.3, -0.25) is 0 Å². The summed E-state index contributed by atoms with van der Waals surface area (Å²) in [6.07, 6.45) is 0. The summed E-state index contributed by atoms with van der Waals surface area (Å²) in [6, 6.07) is 0. The third-order valence-electron chi connectivity index (χ3n) is 0.823. The molecule has 0 aromatic carbocycles. The Morgan fingerprint density at radius 2 is 1.25 bits per heavy atom. The molecule has 46 valence electrons. The summed E-state index contributed by atoms with van der Waals surface area (Å²) in [4.78, 5) is 0. The van der Waals surface area contributed by atoms with E-state index in [1.165, 1.54) is 11.1 Å². The lowest BCUT2D eigenvalue weighted by Crippen LogP contribution is -1.86. The topological polar surface area (TPSA) is 0 Å². The SMILES string of the molecule is C=C(CI)C(=C)CI. The second-order valence-corrected chi connectivity index (χ2v) is 3.00. The summed E-state index contributed by atoms with van der Waals surface area (Å²) in [5.41, 5.74) is 2.33. The molecule has 2 heteroatoms. The molecular weight excluding hydrogens is 326 g/mol. The van der Waals surface area contributed by atoms with Crippen LogP contribution in [-0.4, -0.2) is 8.86 Å². The third kappa shape index (κ3) is 3.06. The van der Waals surface area contributed by atoms with Crippen molar-refractivity contribution in [3.8, 4) is 0 Å².